The number of para-hydroxylation sites is 2. The van der Waals surface area contributed by atoms with Gasteiger partial charge in [-0.3, -0.25) is 0 Å². The van der Waals surface area contributed by atoms with Crippen LogP contribution in [0.2, 0.25) is 0 Å². The molecule has 0 amide bonds. The van der Waals surface area contributed by atoms with E-state index in [-0.39, 0.29) is 0 Å². The van der Waals surface area contributed by atoms with Crippen LogP contribution in [0.5, 0.6) is 0 Å². The normalized spacial score (nSPS) is 11.7. The lowest BCUT2D eigenvalue weighted by Crippen LogP contribution is -2.11. The molecule has 2 heterocycles. The first kappa shape index (κ1) is 33.3. The van der Waals surface area contributed by atoms with Crippen molar-refractivity contribution in [2.75, 3.05) is 4.90 Å². The van der Waals surface area contributed by atoms with E-state index in [9.17, 15) is 0 Å². The van der Waals surface area contributed by atoms with Crippen molar-refractivity contribution in [1.82, 2.24) is 0 Å². The van der Waals surface area contributed by atoms with Gasteiger partial charge < -0.3 is 13.7 Å². The van der Waals surface area contributed by atoms with E-state index in [4.69, 9.17) is 8.83 Å². The van der Waals surface area contributed by atoms with Crippen molar-refractivity contribution < 1.29 is 8.83 Å². The summed E-state index contributed by atoms with van der Waals surface area (Å²) in [5, 5.41) is 9.02. The average Bonchev–Trinajstić information content (AvgIpc) is 3.90. The average molecular weight is 754 g/mol. The second-order valence-corrected chi connectivity index (χ2v) is 15.2. The molecule has 0 saturated heterocycles. The quantitative estimate of drug-likeness (QED) is 0.158. The Bertz CT molecular complexity index is 3540. The van der Waals surface area contributed by atoms with Gasteiger partial charge in [0.1, 0.15) is 22.3 Å². The third-order valence-corrected chi connectivity index (χ3v) is 11.9. The van der Waals surface area contributed by atoms with Crippen LogP contribution in [-0.4, -0.2) is 0 Å². The predicted octanol–water partition coefficient (Wildman–Crippen LogP) is 16.3. The lowest BCUT2D eigenvalue weighted by atomic mass is 9.95. The number of rotatable bonds is 6. The second kappa shape index (κ2) is 13.4. The van der Waals surface area contributed by atoms with Gasteiger partial charge in [-0.25, -0.2) is 0 Å². The summed E-state index contributed by atoms with van der Waals surface area (Å²) in [6, 6.07) is 75.5. The van der Waals surface area contributed by atoms with Crippen LogP contribution in [0.1, 0.15) is 0 Å². The van der Waals surface area contributed by atoms with E-state index >= 15 is 0 Å². The number of furan rings is 2. The first-order valence-corrected chi connectivity index (χ1v) is 20.1. The van der Waals surface area contributed by atoms with E-state index in [2.05, 4.69) is 211 Å². The Hall–Kier alpha value is -7.88. The topological polar surface area (TPSA) is 29.5 Å². The fraction of sp³-hybridized carbons (Fsp3) is 0. The summed E-state index contributed by atoms with van der Waals surface area (Å²) >= 11 is 0. The lowest BCUT2D eigenvalue weighted by molar-refractivity contribution is 0.670. The highest BCUT2D eigenvalue weighted by atomic mass is 16.3. The summed E-state index contributed by atoms with van der Waals surface area (Å²) in [4.78, 5) is 2.45. The van der Waals surface area contributed by atoms with Gasteiger partial charge in [-0.05, 0) is 80.9 Å². The van der Waals surface area contributed by atoms with E-state index in [1.54, 1.807) is 0 Å². The molecule has 0 bridgehead atoms. The van der Waals surface area contributed by atoms with Crippen molar-refractivity contribution in [3.8, 4) is 33.4 Å². The van der Waals surface area contributed by atoms with Gasteiger partial charge in [0.05, 0.1) is 27.8 Å². The Labute approximate surface area is 340 Å². The van der Waals surface area contributed by atoms with Crippen LogP contribution in [0.15, 0.2) is 221 Å². The Balaban J connectivity index is 1.18. The Morgan fingerprint density at radius 2 is 0.746 bits per heavy atom. The molecule has 59 heavy (non-hydrogen) atoms. The third-order valence-electron chi connectivity index (χ3n) is 11.9. The number of nitrogens with zero attached hydrogens (tertiary/aromatic N) is 1. The van der Waals surface area contributed by atoms with Gasteiger partial charge in [0, 0.05) is 27.3 Å². The maximum absolute atomic E-state index is 6.94. The van der Waals surface area contributed by atoms with Gasteiger partial charge in [0.2, 0.25) is 0 Å². The number of benzene rings is 10. The van der Waals surface area contributed by atoms with Crippen molar-refractivity contribution in [2.24, 2.45) is 0 Å². The lowest BCUT2D eigenvalue weighted by Gasteiger charge is -2.29. The Morgan fingerprint density at radius 1 is 0.271 bits per heavy atom. The SMILES string of the molecule is c1ccc(-c2ccc(-c3ccc(N(c4cccc5c4ccc4ccccc45)c4ccc(-c5ccccc5)c5oc6ccccc6c45)c4c3oc3ccccc34)cc2)cc1. The highest BCUT2D eigenvalue weighted by Crippen LogP contribution is 2.51. The molecule has 12 rings (SSSR count). The standard InChI is InChI=1S/C56H35NO2/c1-3-14-36(15-4-1)37-26-28-40(29-27-37)43-33-35-50(54-47-21-10-12-25-52(47)59-56(43)54)57(48-23-13-22-44-41-19-8-7-18-39(41)30-31-45(44)48)49-34-32-42(38-16-5-2-6-17-38)55-53(49)46-20-9-11-24-51(46)58-55/h1-35H. The maximum atomic E-state index is 6.94. The van der Waals surface area contributed by atoms with Gasteiger partial charge >= 0.3 is 0 Å². The molecular formula is C56H35NO2. The van der Waals surface area contributed by atoms with Crippen molar-refractivity contribution in [1.29, 1.82) is 0 Å². The maximum Gasteiger partial charge on any atom is 0.145 e. The molecule has 0 radical (unpaired) electrons. The minimum atomic E-state index is 0.847. The molecule has 12 aromatic rings. The summed E-state index contributed by atoms with van der Waals surface area (Å²) in [5.74, 6) is 0. The minimum absolute atomic E-state index is 0.847. The van der Waals surface area contributed by atoms with Crippen LogP contribution in [0.4, 0.5) is 17.1 Å². The van der Waals surface area contributed by atoms with E-state index in [0.29, 0.717) is 0 Å². The van der Waals surface area contributed by atoms with Crippen LogP contribution in [-0.2, 0) is 0 Å². The molecule has 3 heteroatoms. The second-order valence-electron chi connectivity index (χ2n) is 15.2. The van der Waals surface area contributed by atoms with E-state index in [0.717, 1.165) is 88.6 Å². The third kappa shape index (κ3) is 5.29. The Morgan fingerprint density at radius 3 is 1.37 bits per heavy atom. The summed E-state index contributed by atoms with van der Waals surface area (Å²) < 4.78 is 13.8. The molecule has 3 nitrogen and oxygen atoms in total. The molecule has 2 aromatic heterocycles. The van der Waals surface area contributed by atoms with Crippen molar-refractivity contribution in [2.45, 2.75) is 0 Å². The van der Waals surface area contributed by atoms with Gasteiger partial charge in [-0.1, -0.05) is 170 Å². The van der Waals surface area contributed by atoms with Gasteiger partial charge in [0.25, 0.3) is 0 Å². The zero-order chi connectivity index (χ0) is 38.9. The summed E-state index contributed by atoms with van der Waals surface area (Å²) in [5.41, 5.74) is 13.2. The number of fused-ring (bicyclic) bond motifs is 9. The Kier molecular flexibility index (Phi) is 7.54. The van der Waals surface area contributed by atoms with E-state index in [1.807, 2.05) is 6.07 Å². The van der Waals surface area contributed by atoms with Crippen molar-refractivity contribution in [3.63, 3.8) is 0 Å². The highest BCUT2D eigenvalue weighted by molar-refractivity contribution is 6.23. The highest BCUT2D eigenvalue weighted by Gasteiger charge is 2.27. The van der Waals surface area contributed by atoms with Crippen LogP contribution in [0.25, 0.3) is 98.8 Å². The van der Waals surface area contributed by atoms with Gasteiger partial charge in [0.15, 0.2) is 0 Å². The summed E-state index contributed by atoms with van der Waals surface area (Å²) in [6.45, 7) is 0. The minimum Gasteiger partial charge on any atom is -0.455 e. The van der Waals surface area contributed by atoms with Gasteiger partial charge in [-0.2, -0.15) is 0 Å². The first-order chi connectivity index (χ1) is 29.3. The number of hydrogen-bond acceptors (Lipinski definition) is 3. The van der Waals surface area contributed by atoms with E-state index in [1.165, 1.54) is 27.3 Å². The molecule has 0 aliphatic carbocycles. The molecule has 276 valence electrons. The number of hydrogen-bond donors (Lipinski definition) is 0. The predicted molar refractivity (Wildman–Crippen MR) is 247 cm³/mol. The fourth-order valence-electron chi connectivity index (χ4n) is 9.15. The smallest absolute Gasteiger partial charge is 0.145 e. The van der Waals surface area contributed by atoms with Crippen LogP contribution >= 0.6 is 0 Å². The molecular weight excluding hydrogens is 719 g/mol. The molecule has 0 aliphatic heterocycles. The fourth-order valence-corrected chi connectivity index (χ4v) is 9.15. The first-order valence-electron chi connectivity index (χ1n) is 20.1. The van der Waals surface area contributed by atoms with E-state index < -0.39 is 0 Å². The molecule has 0 N–H and O–H groups in total. The number of anilines is 3. The largest absolute Gasteiger partial charge is 0.455 e. The molecule has 0 spiro atoms. The molecule has 0 atom stereocenters. The summed E-state index contributed by atoms with van der Waals surface area (Å²) in [7, 11) is 0. The summed E-state index contributed by atoms with van der Waals surface area (Å²) in [6.07, 6.45) is 0. The van der Waals surface area contributed by atoms with Crippen molar-refractivity contribution >= 4 is 82.5 Å². The van der Waals surface area contributed by atoms with Gasteiger partial charge in [-0.15, -0.1) is 0 Å². The zero-order valence-electron chi connectivity index (χ0n) is 32.0. The van der Waals surface area contributed by atoms with Crippen molar-refractivity contribution in [3.05, 3.63) is 212 Å². The molecule has 10 aromatic carbocycles. The van der Waals surface area contributed by atoms with Crippen LogP contribution in [0, 0.1) is 0 Å². The van der Waals surface area contributed by atoms with Crippen LogP contribution in [0.3, 0.4) is 0 Å². The van der Waals surface area contributed by atoms with Crippen LogP contribution < -0.4 is 4.90 Å². The molecule has 0 fully saturated rings. The molecule has 0 aliphatic rings. The molecule has 0 unspecified atom stereocenters. The monoisotopic (exact) mass is 753 g/mol. The molecule has 0 saturated carbocycles. The zero-order valence-corrected chi connectivity index (χ0v) is 32.0.